The molecule has 1 saturated heterocycles. The van der Waals surface area contributed by atoms with E-state index in [1.165, 1.54) is 0 Å². The van der Waals surface area contributed by atoms with Gasteiger partial charge >= 0.3 is 0 Å². The molecule has 0 amide bonds. The summed E-state index contributed by atoms with van der Waals surface area (Å²) in [6, 6.07) is 10.3. The summed E-state index contributed by atoms with van der Waals surface area (Å²) in [7, 11) is 1.68. The first-order chi connectivity index (χ1) is 8.88. The molecule has 1 N–H and O–H groups in total. The number of hydrogen-bond acceptors (Lipinski definition) is 4. The third-order valence-electron chi connectivity index (χ3n) is 3.32. The molecule has 0 aliphatic carbocycles. The number of rotatable bonds is 2. The highest BCUT2D eigenvalue weighted by Crippen LogP contribution is 2.30. The van der Waals surface area contributed by atoms with E-state index in [-0.39, 0.29) is 0 Å². The third kappa shape index (κ3) is 1.99. The van der Waals surface area contributed by atoms with E-state index in [4.69, 9.17) is 4.74 Å². The Morgan fingerprint density at radius 2 is 2.00 bits per heavy atom. The SMILES string of the molecule is COc1nc2ccccc2cc1N1CCNCC1. The molecule has 0 spiro atoms. The van der Waals surface area contributed by atoms with Gasteiger partial charge in [-0.1, -0.05) is 18.2 Å². The summed E-state index contributed by atoms with van der Waals surface area (Å²) in [5.74, 6) is 0.718. The van der Waals surface area contributed by atoms with Gasteiger partial charge in [0.2, 0.25) is 5.88 Å². The second-order valence-corrected chi connectivity index (χ2v) is 4.45. The van der Waals surface area contributed by atoms with Crippen molar-refractivity contribution in [3.63, 3.8) is 0 Å². The molecule has 94 valence electrons. The van der Waals surface area contributed by atoms with Crippen LogP contribution in [0.2, 0.25) is 0 Å². The number of benzene rings is 1. The van der Waals surface area contributed by atoms with Crippen LogP contribution in [0.5, 0.6) is 5.88 Å². The van der Waals surface area contributed by atoms with Crippen LogP contribution in [0.25, 0.3) is 10.9 Å². The summed E-state index contributed by atoms with van der Waals surface area (Å²) in [5.41, 5.74) is 2.07. The molecular weight excluding hydrogens is 226 g/mol. The lowest BCUT2D eigenvalue weighted by Crippen LogP contribution is -2.43. The van der Waals surface area contributed by atoms with Gasteiger partial charge < -0.3 is 15.0 Å². The molecule has 18 heavy (non-hydrogen) atoms. The Morgan fingerprint density at radius 1 is 1.22 bits per heavy atom. The van der Waals surface area contributed by atoms with Crippen LogP contribution in [-0.2, 0) is 0 Å². The van der Waals surface area contributed by atoms with Gasteiger partial charge in [-0.05, 0) is 12.1 Å². The topological polar surface area (TPSA) is 37.4 Å². The number of ether oxygens (including phenoxy) is 1. The first kappa shape index (κ1) is 11.3. The van der Waals surface area contributed by atoms with Crippen LogP contribution >= 0.6 is 0 Å². The molecule has 1 fully saturated rings. The van der Waals surface area contributed by atoms with Gasteiger partial charge in [-0.2, -0.15) is 0 Å². The summed E-state index contributed by atoms with van der Waals surface area (Å²) in [6.07, 6.45) is 0. The highest BCUT2D eigenvalue weighted by atomic mass is 16.5. The Kier molecular flexibility index (Phi) is 3.02. The molecule has 2 heterocycles. The fourth-order valence-electron chi connectivity index (χ4n) is 2.37. The summed E-state index contributed by atoms with van der Waals surface area (Å²) < 4.78 is 5.43. The second kappa shape index (κ2) is 4.82. The molecule has 2 aromatic rings. The lowest BCUT2D eigenvalue weighted by molar-refractivity contribution is 0.398. The number of methoxy groups -OCH3 is 1. The van der Waals surface area contributed by atoms with E-state index < -0.39 is 0 Å². The first-order valence-electron chi connectivity index (χ1n) is 6.28. The predicted octanol–water partition coefficient (Wildman–Crippen LogP) is 1.65. The molecule has 0 atom stereocenters. The number of pyridine rings is 1. The van der Waals surface area contributed by atoms with Crippen molar-refractivity contribution in [1.82, 2.24) is 10.3 Å². The Bertz CT molecular complexity index is 550. The quantitative estimate of drug-likeness (QED) is 0.870. The van der Waals surface area contributed by atoms with Gasteiger partial charge in [0.05, 0.1) is 12.6 Å². The average molecular weight is 243 g/mol. The highest BCUT2D eigenvalue weighted by molar-refractivity contribution is 5.84. The number of aromatic nitrogens is 1. The maximum absolute atomic E-state index is 5.43. The average Bonchev–Trinajstić information content (AvgIpc) is 2.46. The summed E-state index contributed by atoms with van der Waals surface area (Å²) in [4.78, 5) is 6.91. The molecule has 4 heteroatoms. The molecular formula is C14H17N3O. The Balaban J connectivity index is 2.08. The van der Waals surface area contributed by atoms with E-state index in [2.05, 4.69) is 27.3 Å². The van der Waals surface area contributed by atoms with Gasteiger partial charge in [0.25, 0.3) is 0 Å². The van der Waals surface area contributed by atoms with Gasteiger partial charge in [0.1, 0.15) is 5.69 Å². The van der Waals surface area contributed by atoms with Gasteiger partial charge in [-0.25, -0.2) is 4.98 Å². The van der Waals surface area contributed by atoms with E-state index in [1.807, 2.05) is 18.2 Å². The lowest BCUT2D eigenvalue weighted by Gasteiger charge is -2.30. The van der Waals surface area contributed by atoms with Crippen molar-refractivity contribution in [3.05, 3.63) is 30.3 Å². The molecule has 0 radical (unpaired) electrons. The Hall–Kier alpha value is -1.81. The van der Waals surface area contributed by atoms with Crippen LogP contribution in [-0.4, -0.2) is 38.3 Å². The van der Waals surface area contributed by atoms with Crippen molar-refractivity contribution in [1.29, 1.82) is 0 Å². The van der Waals surface area contributed by atoms with Gasteiger partial charge in [0.15, 0.2) is 0 Å². The smallest absolute Gasteiger partial charge is 0.237 e. The van der Waals surface area contributed by atoms with E-state index in [0.717, 1.165) is 48.6 Å². The number of anilines is 1. The molecule has 0 bridgehead atoms. The summed E-state index contributed by atoms with van der Waals surface area (Å²) in [5, 5.41) is 4.52. The molecule has 1 aromatic carbocycles. The van der Waals surface area contributed by atoms with Crippen LogP contribution in [0, 0.1) is 0 Å². The zero-order chi connectivity index (χ0) is 12.4. The number of nitrogens with one attached hydrogen (secondary N) is 1. The minimum atomic E-state index is 0.718. The lowest BCUT2D eigenvalue weighted by atomic mass is 10.2. The fraction of sp³-hybridized carbons (Fsp3) is 0.357. The third-order valence-corrected chi connectivity index (χ3v) is 3.32. The predicted molar refractivity (Wildman–Crippen MR) is 73.4 cm³/mol. The Morgan fingerprint density at radius 3 is 2.78 bits per heavy atom. The van der Waals surface area contributed by atoms with Crippen molar-refractivity contribution in [2.24, 2.45) is 0 Å². The Labute approximate surface area is 107 Å². The number of hydrogen-bond donors (Lipinski definition) is 1. The largest absolute Gasteiger partial charge is 0.480 e. The number of para-hydroxylation sites is 1. The van der Waals surface area contributed by atoms with Crippen LogP contribution in [0.15, 0.2) is 30.3 Å². The van der Waals surface area contributed by atoms with Gasteiger partial charge in [0, 0.05) is 31.6 Å². The molecule has 1 aliphatic rings. The maximum atomic E-state index is 5.43. The number of nitrogens with zero attached hydrogens (tertiary/aromatic N) is 2. The van der Waals surface area contributed by atoms with Crippen LogP contribution in [0.3, 0.4) is 0 Å². The minimum absolute atomic E-state index is 0.718. The number of fused-ring (bicyclic) bond motifs is 1. The first-order valence-corrected chi connectivity index (χ1v) is 6.28. The van der Waals surface area contributed by atoms with Crippen LogP contribution < -0.4 is 15.0 Å². The molecule has 0 unspecified atom stereocenters. The zero-order valence-electron chi connectivity index (χ0n) is 10.5. The van der Waals surface area contributed by atoms with Gasteiger partial charge in [-0.3, -0.25) is 0 Å². The minimum Gasteiger partial charge on any atom is -0.480 e. The van der Waals surface area contributed by atoms with Crippen molar-refractivity contribution in [3.8, 4) is 5.88 Å². The van der Waals surface area contributed by atoms with Crippen molar-refractivity contribution >= 4 is 16.6 Å². The maximum Gasteiger partial charge on any atom is 0.237 e. The van der Waals surface area contributed by atoms with E-state index >= 15 is 0 Å². The summed E-state index contributed by atoms with van der Waals surface area (Å²) >= 11 is 0. The van der Waals surface area contributed by atoms with Crippen molar-refractivity contribution < 1.29 is 4.74 Å². The van der Waals surface area contributed by atoms with E-state index in [0.29, 0.717) is 0 Å². The second-order valence-electron chi connectivity index (χ2n) is 4.45. The van der Waals surface area contributed by atoms with E-state index in [9.17, 15) is 0 Å². The zero-order valence-corrected chi connectivity index (χ0v) is 10.5. The molecule has 0 saturated carbocycles. The molecule has 4 nitrogen and oxygen atoms in total. The van der Waals surface area contributed by atoms with Crippen molar-refractivity contribution in [2.75, 3.05) is 38.2 Å². The molecule has 1 aliphatic heterocycles. The standard InChI is InChI=1S/C14H17N3O/c1-18-14-13(17-8-6-15-7-9-17)10-11-4-2-3-5-12(11)16-14/h2-5,10,15H,6-9H2,1H3. The highest BCUT2D eigenvalue weighted by Gasteiger charge is 2.16. The fourth-order valence-corrected chi connectivity index (χ4v) is 2.37. The molecule has 1 aromatic heterocycles. The number of piperazine rings is 1. The van der Waals surface area contributed by atoms with Crippen LogP contribution in [0.1, 0.15) is 0 Å². The van der Waals surface area contributed by atoms with Gasteiger partial charge in [-0.15, -0.1) is 0 Å². The van der Waals surface area contributed by atoms with Crippen LogP contribution in [0.4, 0.5) is 5.69 Å². The summed E-state index contributed by atoms with van der Waals surface area (Å²) in [6.45, 7) is 4.01. The monoisotopic (exact) mass is 243 g/mol. The normalized spacial score (nSPS) is 15.9. The van der Waals surface area contributed by atoms with Crippen molar-refractivity contribution in [2.45, 2.75) is 0 Å². The van der Waals surface area contributed by atoms with E-state index in [1.54, 1.807) is 7.11 Å². The molecule has 3 rings (SSSR count).